The van der Waals surface area contributed by atoms with Crippen LogP contribution in [0.15, 0.2) is 22.7 Å². The van der Waals surface area contributed by atoms with Crippen molar-refractivity contribution >= 4 is 34.0 Å². The maximum atomic E-state index is 3.48. The summed E-state index contributed by atoms with van der Waals surface area (Å²) in [7, 11) is 0. The van der Waals surface area contributed by atoms with E-state index in [9.17, 15) is 0 Å². The van der Waals surface area contributed by atoms with Gasteiger partial charge < -0.3 is 5.32 Å². The zero-order chi connectivity index (χ0) is 8.39. The van der Waals surface area contributed by atoms with Gasteiger partial charge in [-0.3, -0.25) is 0 Å². The summed E-state index contributed by atoms with van der Waals surface area (Å²) < 4.78 is 1.16. The third-order valence-electron chi connectivity index (χ3n) is 2.26. The molecule has 1 N–H and O–H groups in total. The Balaban J connectivity index is 0.000000845. The first-order valence-corrected chi connectivity index (χ1v) is 5.18. The summed E-state index contributed by atoms with van der Waals surface area (Å²) in [6.45, 7) is 1.11. The van der Waals surface area contributed by atoms with E-state index in [0.29, 0.717) is 0 Å². The lowest BCUT2D eigenvalue weighted by Gasteiger charge is -2.06. The number of hydrogen-bond acceptors (Lipinski definition) is 1. The zero-order valence-corrected chi connectivity index (χ0v) is 9.75. The van der Waals surface area contributed by atoms with Gasteiger partial charge in [0.2, 0.25) is 0 Å². The normalized spacial score (nSPS) is 14.8. The largest absolute Gasteiger partial charge is 0.385 e. The van der Waals surface area contributed by atoms with Gasteiger partial charge in [0.25, 0.3) is 0 Å². The van der Waals surface area contributed by atoms with E-state index < -0.39 is 0 Å². The van der Waals surface area contributed by atoms with Crippen LogP contribution >= 0.6 is 28.3 Å². The van der Waals surface area contributed by atoms with Gasteiger partial charge >= 0.3 is 0 Å². The first-order valence-electron chi connectivity index (χ1n) is 4.38. The van der Waals surface area contributed by atoms with E-state index in [1.807, 2.05) is 0 Å². The molecular weight excluding hydrogens is 249 g/mol. The van der Waals surface area contributed by atoms with Crippen LogP contribution in [0.25, 0.3) is 0 Å². The maximum Gasteiger partial charge on any atom is 0.0384 e. The average Bonchev–Trinajstić information content (AvgIpc) is 2.28. The van der Waals surface area contributed by atoms with Crippen molar-refractivity contribution in [2.45, 2.75) is 19.3 Å². The molecule has 0 saturated heterocycles. The number of halogens is 2. The number of rotatable bonds is 0. The quantitative estimate of drug-likeness (QED) is 0.753. The molecule has 1 aliphatic rings. The van der Waals surface area contributed by atoms with Gasteiger partial charge in [-0.2, -0.15) is 0 Å². The minimum Gasteiger partial charge on any atom is -0.385 e. The second-order valence-corrected chi connectivity index (χ2v) is 4.10. The molecule has 0 amide bonds. The van der Waals surface area contributed by atoms with E-state index in [1.54, 1.807) is 0 Å². The lowest BCUT2D eigenvalue weighted by atomic mass is 10.1. The van der Waals surface area contributed by atoms with Gasteiger partial charge in [-0.25, -0.2) is 0 Å². The Morgan fingerprint density at radius 1 is 1.23 bits per heavy atom. The number of hydrogen-bond donors (Lipinski definition) is 1. The first-order chi connectivity index (χ1) is 5.86. The summed E-state index contributed by atoms with van der Waals surface area (Å²) >= 11 is 3.48. The Morgan fingerprint density at radius 3 is 2.92 bits per heavy atom. The molecule has 1 aliphatic heterocycles. The lowest BCUT2D eigenvalue weighted by Crippen LogP contribution is -1.98. The monoisotopic (exact) mass is 261 g/mol. The summed E-state index contributed by atoms with van der Waals surface area (Å²) in [5.74, 6) is 0. The van der Waals surface area contributed by atoms with Gasteiger partial charge in [0.05, 0.1) is 0 Å². The van der Waals surface area contributed by atoms with Crippen LogP contribution in [0.5, 0.6) is 0 Å². The molecule has 1 nitrogen and oxygen atoms in total. The SMILES string of the molecule is Brc1ccc2c(c1)NCCCC2.Cl. The van der Waals surface area contributed by atoms with Crippen LogP contribution in [-0.4, -0.2) is 6.54 Å². The number of benzene rings is 1. The van der Waals surface area contributed by atoms with Crippen molar-refractivity contribution in [1.82, 2.24) is 0 Å². The predicted octanol–water partition coefficient (Wildman–Crippen LogP) is 3.62. The fraction of sp³-hybridized carbons (Fsp3) is 0.400. The van der Waals surface area contributed by atoms with E-state index in [2.05, 4.69) is 39.4 Å². The van der Waals surface area contributed by atoms with E-state index in [4.69, 9.17) is 0 Å². The topological polar surface area (TPSA) is 12.0 Å². The third-order valence-corrected chi connectivity index (χ3v) is 2.75. The summed E-state index contributed by atoms with van der Waals surface area (Å²) in [4.78, 5) is 0. The molecule has 0 bridgehead atoms. The Hall–Kier alpha value is -0.210. The number of fused-ring (bicyclic) bond motifs is 1. The summed E-state index contributed by atoms with van der Waals surface area (Å²) in [6, 6.07) is 6.49. The fourth-order valence-electron chi connectivity index (χ4n) is 1.59. The van der Waals surface area contributed by atoms with Crippen molar-refractivity contribution < 1.29 is 0 Å². The maximum absolute atomic E-state index is 3.48. The molecule has 0 spiro atoms. The summed E-state index contributed by atoms with van der Waals surface area (Å²) in [6.07, 6.45) is 3.81. The molecule has 72 valence electrons. The lowest BCUT2D eigenvalue weighted by molar-refractivity contribution is 0.785. The summed E-state index contributed by atoms with van der Waals surface area (Å²) in [5.41, 5.74) is 2.76. The van der Waals surface area contributed by atoms with Crippen molar-refractivity contribution in [3.8, 4) is 0 Å². The average molecular weight is 263 g/mol. The Kier molecular flexibility index (Phi) is 4.07. The Morgan fingerprint density at radius 2 is 2.08 bits per heavy atom. The van der Waals surface area contributed by atoms with E-state index >= 15 is 0 Å². The molecule has 0 aromatic heterocycles. The van der Waals surface area contributed by atoms with E-state index in [0.717, 1.165) is 11.0 Å². The van der Waals surface area contributed by atoms with Crippen LogP contribution in [0.4, 0.5) is 5.69 Å². The van der Waals surface area contributed by atoms with E-state index in [-0.39, 0.29) is 12.4 Å². The molecular formula is C10H13BrClN. The first kappa shape index (κ1) is 10.9. The van der Waals surface area contributed by atoms with Gasteiger partial charge in [0.15, 0.2) is 0 Å². The molecule has 1 aromatic carbocycles. The summed E-state index contributed by atoms with van der Waals surface area (Å²) in [5, 5.41) is 3.44. The van der Waals surface area contributed by atoms with Gasteiger partial charge in [0, 0.05) is 16.7 Å². The number of anilines is 1. The van der Waals surface area contributed by atoms with Crippen molar-refractivity contribution in [2.75, 3.05) is 11.9 Å². The molecule has 0 unspecified atom stereocenters. The molecule has 2 rings (SSSR count). The van der Waals surface area contributed by atoms with Gasteiger partial charge in [-0.05, 0) is 37.0 Å². The Bertz CT molecular complexity index is 288. The molecule has 0 fully saturated rings. The van der Waals surface area contributed by atoms with Crippen LogP contribution in [0.2, 0.25) is 0 Å². The number of aryl methyl sites for hydroxylation is 1. The second kappa shape index (κ2) is 4.87. The van der Waals surface area contributed by atoms with Crippen molar-refractivity contribution in [1.29, 1.82) is 0 Å². The van der Waals surface area contributed by atoms with Crippen LogP contribution in [0.3, 0.4) is 0 Å². The van der Waals surface area contributed by atoms with Gasteiger partial charge in [-0.15, -0.1) is 12.4 Å². The number of nitrogens with one attached hydrogen (secondary N) is 1. The van der Waals surface area contributed by atoms with Crippen LogP contribution < -0.4 is 5.32 Å². The Labute approximate surface area is 93.5 Å². The smallest absolute Gasteiger partial charge is 0.0384 e. The third kappa shape index (κ3) is 2.61. The highest BCUT2D eigenvalue weighted by Crippen LogP contribution is 2.24. The van der Waals surface area contributed by atoms with Crippen LogP contribution in [-0.2, 0) is 6.42 Å². The molecule has 0 atom stereocenters. The fourth-order valence-corrected chi connectivity index (χ4v) is 1.96. The van der Waals surface area contributed by atoms with Crippen LogP contribution in [0.1, 0.15) is 18.4 Å². The highest BCUT2D eigenvalue weighted by atomic mass is 79.9. The molecule has 0 saturated carbocycles. The predicted molar refractivity (Wildman–Crippen MR) is 62.8 cm³/mol. The standard InChI is InChI=1S/C10H12BrN.ClH/c11-9-5-4-8-3-1-2-6-12-10(8)7-9;/h4-5,7,12H,1-3,6H2;1H. The molecule has 1 aromatic rings. The van der Waals surface area contributed by atoms with Gasteiger partial charge in [0.1, 0.15) is 0 Å². The highest BCUT2D eigenvalue weighted by molar-refractivity contribution is 9.10. The molecule has 1 heterocycles. The van der Waals surface area contributed by atoms with Crippen molar-refractivity contribution in [3.63, 3.8) is 0 Å². The molecule has 3 heteroatoms. The highest BCUT2D eigenvalue weighted by Gasteiger charge is 2.06. The molecule has 0 radical (unpaired) electrons. The molecule has 13 heavy (non-hydrogen) atoms. The molecule has 0 aliphatic carbocycles. The van der Waals surface area contributed by atoms with Gasteiger partial charge in [-0.1, -0.05) is 22.0 Å². The minimum atomic E-state index is 0. The van der Waals surface area contributed by atoms with Crippen molar-refractivity contribution in [2.24, 2.45) is 0 Å². The zero-order valence-electron chi connectivity index (χ0n) is 7.35. The van der Waals surface area contributed by atoms with Crippen LogP contribution in [0, 0.1) is 0 Å². The minimum absolute atomic E-state index is 0. The van der Waals surface area contributed by atoms with Crippen molar-refractivity contribution in [3.05, 3.63) is 28.2 Å². The second-order valence-electron chi connectivity index (χ2n) is 3.19. The van der Waals surface area contributed by atoms with E-state index in [1.165, 1.54) is 30.5 Å².